The summed E-state index contributed by atoms with van der Waals surface area (Å²) in [7, 11) is 1.62. The largest absolute Gasteiger partial charge is 0.369 e. The summed E-state index contributed by atoms with van der Waals surface area (Å²) in [6.45, 7) is 4.34. The van der Waals surface area contributed by atoms with Gasteiger partial charge in [0, 0.05) is 32.0 Å². The summed E-state index contributed by atoms with van der Waals surface area (Å²) < 4.78 is 0. The molecule has 1 amide bonds. The smallest absolute Gasteiger partial charge is 0.221 e. The molecule has 0 atom stereocenters. The molecule has 5 nitrogen and oxygen atoms in total. The van der Waals surface area contributed by atoms with E-state index in [9.17, 15) is 4.79 Å². The number of rotatable bonds is 5. The molecule has 0 saturated heterocycles. The van der Waals surface area contributed by atoms with Crippen molar-refractivity contribution < 1.29 is 4.79 Å². The molecule has 0 radical (unpaired) electrons. The van der Waals surface area contributed by atoms with Gasteiger partial charge in [-0.05, 0) is 6.92 Å². The molecule has 1 aromatic heterocycles. The van der Waals surface area contributed by atoms with Crippen LogP contribution in [0.4, 0.5) is 5.82 Å². The van der Waals surface area contributed by atoms with Crippen molar-refractivity contribution in [2.45, 2.75) is 26.7 Å². The number of amides is 1. The lowest BCUT2D eigenvalue weighted by Gasteiger charge is -2.10. The molecule has 0 aliphatic rings. The van der Waals surface area contributed by atoms with Crippen molar-refractivity contribution >= 4 is 23.3 Å². The van der Waals surface area contributed by atoms with Crippen LogP contribution < -0.4 is 10.6 Å². The lowest BCUT2D eigenvalue weighted by Crippen LogP contribution is -2.21. The Morgan fingerprint density at radius 1 is 1.41 bits per heavy atom. The molecule has 2 N–H and O–H groups in total. The Balaban J connectivity index is 2.69. The summed E-state index contributed by atoms with van der Waals surface area (Å²) in [6, 6.07) is 0. The fourth-order valence-electron chi connectivity index (χ4n) is 1.28. The molecule has 0 spiro atoms. The zero-order chi connectivity index (χ0) is 12.8. The van der Waals surface area contributed by atoms with Gasteiger partial charge in [-0.25, -0.2) is 9.97 Å². The molecule has 1 aromatic rings. The highest BCUT2D eigenvalue weighted by Crippen LogP contribution is 2.19. The van der Waals surface area contributed by atoms with Gasteiger partial charge in [0.15, 0.2) is 0 Å². The molecule has 0 bridgehead atoms. The molecule has 0 saturated carbocycles. The second-order valence-electron chi connectivity index (χ2n) is 3.61. The van der Waals surface area contributed by atoms with Crippen LogP contribution in [0.1, 0.15) is 24.7 Å². The fourth-order valence-corrected chi connectivity index (χ4v) is 1.47. The molecular formula is C11H17ClN4O. The number of nitrogens with one attached hydrogen (secondary N) is 2. The first-order chi connectivity index (χ1) is 8.08. The van der Waals surface area contributed by atoms with Gasteiger partial charge in [-0.3, -0.25) is 4.79 Å². The van der Waals surface area contributed by atoms with E-state index in [-0.39, 0.29) is 5.91 Å². The highest BCUT2D eigenvalue weighted by atomic mass is 35.5. The Labute approximate surface area is 106 Å². The number of nitrogens with zero attached hydrogens (tertiary/aromatic N) is 2. The second-order valence-corrected chi connectivity index (χ2v) is 3.97. The van der Waals surface area contributed by atoms with Gasteiger partial charge in [0.25, 0.3) is 0 Å². The SMILES string of the molecule is CCc1nc(Cl)c(C)c(NCCC(=O)NC)n1. The number of aromatic nitrogens is 2. The quantitative estimate of drug-likeness (QED) is 0.785. The highest BCUT2D eigenvalue weighted by Gasteiger charge is 2.08. The maximum absolute atomic E-state index is 11.1. The number of aryl methyl sites for hydroxylation is 1. The minimum Gasteiger partial charge on any atom is -0.369 e. The van der Waals surface area contributed by atoms with Crippen molar-refractivity contribution in [3.8, 4) is 0 Å². The van der Waals surface area contributed by atoms with E-state index in [1.807, 2.05) is 13.8 Å². The lowest BCUT2D eigenvalue weighted by atomic mass is 10.3. The van der Waals surface area contributed by atoms with E-state index >= 15 is 0 Å². The molecule has 6 heteroatoms. The molecule has 17 heavy (non-hydrogen) atoms. The van der Waals surface area contributed by atoms with Gasteiger partial charge in [-0.2, -0.15) is 0 Å². The molecule has 0 fully saturated rings. The fraction of sp³-hybridized carbons (Fsp3) is 0.545. The number of carbonyl (C=O) groups excluding carboxylic acids is 1. The van der Waals surface area contributed by atoms with Gasteiger partial charge >= 0.3 is 0 Å². The summed E-state index contributed by atoms with van der Waals surface area (Å²) >= 11 is 6.00. The Kier molecular flexibility index (Phi) is 5.15. The molecule has 0 unspecified atom stereocenters. The van der Waals surface area contributed by atoms with E-state index in [0.29, 0.717) is 29.8 Å². The Morgan fingerprint density at radius 3 is 2.71 bits per heavy atom. The predicted molar refractivity (Wildman–Crippen MR) is 68.3 cm³/mol. The first kappa shape index (κ1) is 13.7. The number of hydrogen-bond acceptors (Lipinski definition) is 4. The second kappa shape index (κ2) is 6.39. The van der Waals surface area contributed by atoms with Crippen LogP contribution in [-0.2, 0) is 11.2 Å². The van der Waals surface area contributed by atoms with Crippen LogP contribution >= 0.6 is 11.6 Å². The average molecular weight is 257 g/mol. The van der Waals surface area contributed by atoms with E-state index in [0.717, 1.165) is 12.0 Å². The molecule has 94 valence electrons. The number of halogens is 1. The summed E-state index contributed by atoms with van der Waals surface area (Å²) in [6.07, 6.45) is 1.13. The number of carbonyl (C=O) groups is 1. The third-order valence-corrected chi connectivity index (χ3v) is 2.74. The van der Waals surface area contributed by atoms with E-state index in [4.69, 9.17) is 11.6 Å². The number of hydrogen-bond donors (Lipinski definition) is 2. The Bertz CT molecular complexity index is 409. The van der Waals surface area contributed by atoms with Crippen molar-refractivity contribution in [3.05, 3.63) is 16.5 Å². The summed E-state index contributed by atoms with van der Waals surface area (Å²) in [5.74, 6) is 1.39. The number of anilines is 1. The zero-order valence-electron chi connectivity index (χ0n) is 10.3. The Morgan fingerprint density at radius 2 is 2.12 bits per heavy atom. The van der Waals surface area contributed by atoms with E-state index in [1.54, 1.807) is 7.05 Å². The molecule has 0 aliphatic heterocycles. The molecule has 1 heterocycles. The lowest BCUT2D eigenvalue weighted by molar-refractivity contribution is -0.120. The molecular weight excluding hydrogens is 240 g/mol. The first-order valence-corrected chi connectivity index (χ1v) is 5.93. The zero-order valence-corrected chi connectivity index (χ0v) is 11.1. The van der Waals surface area contributed by atoms with Crippen LogP contribution in [0.25, 0.3) is 0 Å². The van der Waals surface area contributed by atoms with Crippen molar-refractivity contribution in [2.75, 3.05) is 18.9 Å². The van der Waals surface area contributed by atoms with Crippen LogP contribution in [0, 0.1) is 6.92 Å². The minimum absolute atomic E-state index is 0.00831. The van der Waals surface area contributed by atoms with Crippen LogP contribution in [0.3, 0.4) is 0 Å². The van der Waals surface area contributed by atoms with Crippen LogP contribution in [0.2, 0.25) is 5.15 Å². The summed E-state index contributed by atoms with van der Waals surface area (Å²) in [4.78, 5) is 19.5. The summed E-state index contributed by atoms with van der Waals surface area (Å²) in [5, 5.41) is 6.12. The van der Waals surface area contributed by atoms with Crippen LogP contribution in [0.15, 0.2) is 0 Å². The van der Waals surface area contributed by atoms with Crippen LogP contribution in [0.5, 0.6) is 0 Å². The van der Waals surface area contributed by atoms with Gasteiger partial charge < -0.3 is 10.6 Å². The van der Waals surface area contributed by atoms with Gasteiger partial charge in [-0.15, -0.1) is 0 Å². The third-order valence-electron chi connectivity index (χ3n) is 2.37. The van der Waals surface area contributed by atoms with Gasteiger partial charge in [0.1, 0.15) is 16.8 Å². The average Bonchev–Trinajstić information content (AvgIpc) is 2.33. The monoisotopic (exact) mass is 256 g/mol. The van der Waals surface area contributed by atoms with Crippen LogP contribution in [-0.4, -0.2) is 29.5 Å². The summed E-state index contributed by atoms with van der Waals surface area (Å²) in [5.41, 5.74) is 0.806. The predicted octanol–water partition coefficient (Wildman–Crippen LogP) is 1.55. The van der Waals surface area contributed by atoms with Gasteiger partial charge in [0.05, 0.1) is 0 Å². The van der Waals surface area contributed by atoms with E-state index in [1.165, 1.54) is 0 Å². The molecule has 0 aromatic carbocycles. The maximum Gasteiger partial charge on any atom is 0.221 e. The van der Waals surface area contributed by atoms with Gasteiger partial charge in [-0.1, -0.05) is 18.5 Å². The maximum atomic E-state index is 11.1. The normalized spacial score (nSPS) is 10.1. The highest BCUT2D eigenvalue weighted by molar-refractivity contribution is 6.30. The molecule has 1 rings (SSSR count). The van der Waals surface area contributed by atoms with Crippen molar-refractivity contribution in [1.82, 2.24) is 15.3 Å². The standard InChI is InChI=1S/C11H17ClN4O/c1-4-8-15-10(12)7(2)11(16-8)14-6-5-9(17)13-3/h4-6H2,1-3H3,(H,13,17)(H,14,15,16). The Hall–Kier alpha value is -1.36. The van der Waals surface area contributed by atoms with Crippen molar-refractivity contribution in [1.29, 1.82) is 0 Å². The minimum atomic E-state index is -0.00831. The van der Waals surface area contributed by atoms with E-state index < -0.39 is 0 Å². The first-order valence-electron chi connectivity index (χ1n) is 5.56. The topological polar surface area (TPSA) is 66.9 Å². The van der Waals surface area contributed by atoms with Crippen molar-refractivity contribution in [2.24, 2.45) is 0 Å². The molecule has 0 aliphatic carbocycles. The third kappa shape index (κ3) is 3.85. The van der Waals surface area contributed by atoms with Gasteiger partial charge in [0.2, 0.25) is 5.91 Å². The van der Waals surface area contributed by atoms with Crippen molar-refractivity contribution in [3.63, 3.8) is 0 Å². The van der Waals surface area contributed by atoms with E-state index in [2.05, 4.69) is 20.6 Å².